The number of amides is 2. The lowest BCUT2D eigenvalue weighted by molar-refractivity contribution is -0.141. The molecular weight excluding hydrogens is 459 g/mol. The first kappa shape index (κ1) is 25.2. The molecule has 1 aromatic heterocycles. The van der Waals surface area contributed by atoms with Crippen molar-refractivity contribution in [3.05, 3.63) is 89.3 Å². The van der Waals surface area contributed by atoms with Gasteiger partial charge in [-0.15, -0.1) is 0 Å². The highest BCUT2D eigenvalue weighted by atomic mass is 19.4. The van der Waals surface area contributed by atoms with Crippen molar-refractivity contribution in [2.24, 2.45) is 0 Å². The third kappa shape index (κ3) is 6.14. The standard InChI is InChI=1S/C25H22F3N5O2/c1-15(20-13-22(25(26,27)28)33-21-10-6-5-9-19(20)21)32-24(35)18-8-4-3-7-17(18)14-31-23(34)16(2)30-12-11-29/h3-10,13,15,30H,2,12,14H2,1H3,(H,31,34)(H,32,35). The average molecular weight is 481 g/mol. The van der Waals surface area contributed by atoms with E-state index in [0.717, 1.165) is 6.07 Å². The highest BCUT2D eigenvalue weighted by molar-refractivity contribution is 5.97. The molecule has 180 valence electrons. The second-order valence-electron chi connectivity index (χ2n) is 7.64. The molecule has 10 heteroatoms. The number of rotatable bonds is 8. The molecule has 1 unspecified atom stereocenters. The highest BCUT2D eigenvalue weighted by Crippen LogP contribution is 2.33. The minimum Gasteiger partial charge on any atom is -0.368 e. The van der Waals surface area contributed by atoms with Gasteiger partial charge in [0.05, 0.1) is 23.3 Å². The Morgan fingerprint density at radius 2 is 1.80 bits per heavy atom. The number of para-hydroxylation sites is 1. The molecule has 3 N–H and O–H groups in total. The van der Waals surface area contributed by atoms with Gasteiger partial charge in [-0.1, -0.05) is 43.0 Å². The summed E-state index contributed by atoms with van der Waals surface area (Å²) in [5, 5.41) is 17.0. The van der Waals surface area contributed by atoms with Gasteiger partial charge in [-0.05, 0) is 36.2 Å². The molecule has 3 rings (SSSR count). The summed E-state index contributed by atoms with van der Waals surface area (Å²) in [5.41, 5.74) is 0.167. The lowest BCUT2D eigenvalue weighted by Gasteiger charge is -2.19. The van der Waals surface area contributed by atoms with Crippen LogP contribution < -0.4 is 16.0 Å². The van der Waals surface area contributed by atoms with E-state index in [1.165, 1.54) is 6.07 Å². The maximum absolute atomic E-state index is 13.4. The summed E-state index contributed by atoms with van der Waals surface area (Å²) in [5.74, 6) is -1.05. The Bertz CT molecular complexity index is 1310. The number of pyridine rings is 1. The molecule has 0 saturated carbocycles. The van der Waals surface area contributed by atoms with Crippen LogP contribution in [0.4, 0.5) is 13.2 Å². The molecule has 7 nitrogen and oxygen atoms in total. The van der Waals surface area contributed by atoms with Gasteiger partial charge in [0.15, 0.2) is 0 Å². The van der Waals surface area contributed by atoms with E-state index in [4.69, 9.17) is 5.26 Å². The van der Waals surface area contributed by atoms with Crippen molar-refractivity contribution in [2.45, 2.75) is 25.7 Å². The Kier molecular flexibility index (Phi) is 7.71. The predicted octanol–water partition coefficient (Wildman–Crippen LogP) is 3.99. The summed E-state index contributed by atoms with van der Waals surface area (Å²) < 4.78 is 40.2. The Morgan fingerprint density at radius 1 is 1.11 bits per heavy atom. The second kappa shape index (κ2) is 10.7. The zero-order chi connectivity index (χ0) is 25.6. The highest BCUT2D eigenvalue weighted by Gasteiger charge is 2.34. The molecule has 0 spiro atoms. The number of alkyl halides is 3. The van der Waals surface area contributed by atoms with Crippen LogP contribution in [0.25, 0.3) is 10.9 Å². The number of halogens is 3. The summed E-state index contributed by atoms with van der Waals surface area (Å²) in [6, 6.07) is 15.0. The molecular formula is C25H22F3N5O2. The normalized spacial score (nSPS) is 11.9. The van der Waals surface area contributed by atoms with E-state index in [1.807, 2.05) is 6.07 Å². The van der Waals surface area contributed by atoms with E-state index in [9.17, 15) is 22.8 Å². The molecule has 3 aromatic rings. The van der Waals surface area contributed by atoms with Crippen molar-refractivity contribution in [1.82, 2.24) is 20.9 Å². The molecule has 1 atom stereocenters. The number of fused-ring (bicyclic) bond motifs is 1. The van der Waals surface area contributed by atoms with Gasteiger partial charge in [0.25, 0.3) is 11.8 Å². The van der Waals surface area contributed by atoms with Crippen LogP contribution in [0.1, 0.15) is 40.1 Å². The fraction of sp³-hybridized carbons (Fsp3) is 0.200. The number of benzene rings is 2. The van der Waals surface area contributed by atoms with E-state index < -0.39 is 29.7 Å². The van der Waals surface area contributed by atoms with E-state index in [2.05, 4.69) is 27.5 Å². The number of aromatic nitrogens is 1. The van der Waals surface area contributed by atoms with Crippen LogP contribution in [-0.4, -0.2) is 23.3 Å². The van der Waals surface area contributed by atoms with Gasteiger partial charge in [0, 0.05) is 17.5 Å². The van der Waals surface area contributed by atoms with Crippen molar-refractivity contribution in [2.75, 3.05) is 6.54 Å². The van der Waals surface area contributed by atoms with Crippen molar-refractivity contribution in [1.29, 1.82) is 5.26 Å². The topological polar surface area (TPSA) is 107 Å². The van der Waals surface area contributed by atoms with Gasteiger partial charge < -0.3 is 16.0 Å². The summed E-state index contributed by atoms with van der Waals surface area (Å²) in [4.78, 5) is 28.9. The van der Waals surface area contributed by atoms with E-state index >= 15 is 0 Å². The monoisotopic (exact) mass is 481 g/mol. The molecule has 2 amide bonds. The molecule has 35 heavy (non-hydrogen) atoms. The first-order chi connectivity index (χ1) is 16.6. The Labute approximate surface area is 199 Å². The zero-order valence-electron chi connectivity index (χ0n) is 18.7. The first-order valence-corrected chi connectivity index (χ1v) is 10.6. The number of carbonyl (C=O) groups is 2. The van der Waals surface area contributed by atoms with Gasteiger partial charge in [0.2, 0.25) is 0 Å². The average Bonchev–Trinajstić information content (AvgIpc) is 2.84. The van der Waals surface area contributed by atoms with Crippen LogP contribution in [0.3, 0.4) is 0 Å². The molecule has 0 saturated heterocycles. The third-order valence-corrected chi connectivity index (χ3v) is 5.21. The van der Waals surface area contributed by atoms with Crippen LogP contribution in [-0.2, 0) is 17.5 Å². The van der Waals surface area contributed by atoms with Gasteiger partial charge in [-0.3, -0.25) is 9.59 Å². The fourth-order valence-corrected chi connectivity index (χ4v) is 3.46. The summed E-state index contributed by atoms with van der Waals surface area (Å²) >= 11 is 0. The Hall–Kier alpha value is -4.39. The molecule has 0 aliphatic rings. The number of nitriles is 1. The molecule has 0 bridgehead atoms. The van der Waals surface area contributed by atoms with Gasteiger partial charge in [-0.2, -0.15) is 18.4 Å². The molecule has 0 aliphatic heterocycles. The van der Waals surface area contributed by atoms with Crippen molar-refractivity contribution < 1.29 is 22.8 Å². The first-order valence-electron chi connectivity index (χ1n) is 10.6. The molecule has 1 heterocycles. The molecule has 0 aliphatic carbocycles. The Balaban J connectivity index is 1.81. The third-order valence-electron chi connectivity index (χ3n) is 5.21. The van der Waals surface area contributed by atoms with Crippen LogP contribution >= 0.6 is 0 Å². The molecule has 2 aromatic carbocycles. The summed E-state index contributed by atoms with van der Waals surface area (Å²) in [7, 11) is 0. The van der Waals surface area contributed by atoms with Crippen molar-refractivity contribution >= 4 is 22.7 Å². The van der Waals surface area contributed by atoms with Gasteiger partial charge >= 0.3 is 6.18 Å². The minimum atomic E-state index is -4.64. The summed E-state index contributed by atoms with van der Waals surface area (Å²) in [6.07, 6.45) is -4.64. The van der Waals surface area contributed by atoms with Crippen molar-refractivity contribution in [3.63, 3.8) is 0 Å². The fourth-order valence-electron chi connectivity index (χ4n) is 3.46. The maximum atomic E-state index is 13.4. The lowest BCUT2D eigenvalue weighted by atomic mass is 10.0. The van der Waals surface area contributed by atoms with Gasteiger partial charge in [-0.25, -0.2) is 4.98 Å². The molecule has 0 fully saturated rings. The molecule has 0 radical (unpaired) electrons. The summed E-state index contributed by atoms with van der Waals surface area (Å²) in [6.45, 7) is 5.06. The van der Waals surface area contributed by atoms with E-state index in [-0.39, 0.29) is 35.4 Å². The van der Waals surface area contributed by atoms with Crippen LogP contribution in [0.5, 0.6) is 0 Å². The number of hydrogen-bond donors (Lipinski definition) is 3. The van der Waals surface area contributed by atoms with Crippen LogP contribution in [0.15, 0.2) is 66.9 Å². The Morgan fingerprint density at radius 3 is 2.51 bits per heavy atom. The quantitative estimate of drug-likeness (QED) is 0.333. The zero-order valence-corrected chi connectivity index (χ0v) is 18.7. The minimum absolute atomic E-state index is 0.000467. The van der Waals surface area contributed by atoms with E-state index in [0.29, 0.717) is 10.9 Å². The second-order valence-corrected chi connectivity index (χ2v) is 7.64. The number of nitrogens with one attached hydrogen (secondary N) is 3. The SMILES string of the molecule is C=C(NCC#N)C(=O)NCc1ccccc1C(=O)NC(C)c1cc(C(F)(F)F)nc2ccccc12. The van der Waals surface area contributed by atoms with Crippen LogP contribution in [0.2, 0.25) is 0 Å². The number of hydrogen-bond acceptors (Lipinski definition) is 5. The number of nitrogens with zero attached hydrogens (tertiary/aromatic N) is 2. The lowest BCUT2D eigenvalue weighted by Crippen LogP contribution is -2.32. The largest absolute Gasteiger partial charge is 0.433 e. The predicted molar refractivity (Wildman–Crippen MR) is 124 cm³/mol. The van der Waals surface area contributed by atoms with Crippen molar-refractivity contribution in [3.8, 4) is 6.07 Å². The van der Waals surface area contributed by atoms with Gasteiger partial charge in [0.1, 0.15) is 12.2 Å². The van der Waals surface area contributed by atoms with Crippen LogP contribution in [0, 0.1) is 11.3 Å². The number of carbonyl (C=O) groups excluding carboxylic acids is 2. The maximum Gasteiger partial charge on any atom is 0.433 e. The smallest absolute Gasteiger partial charge is 0.368 e. The van der Waals surface area contributed by atoms with E-state index in [1.54, 1.807) is 49.4 Å².